The third-order valence-electron chi connectivity index (χ3n) is 4.02. The fraction of sp³-hybridized carbons (Fsp3) is 0.562. The highest BCUT2D eigenvalue weighted by Gasteiger charge is 2.29. The van der Waals surface area contributed by atoms with Crippen molar-refractivity contribution in [2.45, 2.75) is 25.1 Å². The van der Waals surface area contributed by atoms with Crippen molar-refractivity contribution in [1.82, 2.24) is 15.5 Å². The molecule has 1 aliphatic heterocycles. The second kappa shape index (κ2) is 10.9. The summed E-state index contributed by atoms with van der Waals surface area (Å²) in [5, 5.41) is 5.85. The standard InChI is InChI=1S/C16H23F2N3O2.2ClH/c1-10-15(19-7-8-23-10)16(22)20-9-13(21(2)3)14-11(17)5-4-6-12(14)18;;/h4-6,10,13,15,19H,7-9H2,1-3H3,(H,20,22);2*1H/t10-,13?,15+;;/m1../s1. The lowest BCUT2D eigenvalue weighted by Gasteiger charge is -2.31. The van der Waals surface area contributed by atoms with E-state index in [1.54, 1.807) is 19.0 Å². The first kappa shape index (κ1) is 24.0. The van der Waals surface area contributed by atoms with Crippen molar-refractivity contribution < 1.29 is 18.3 Å². The van der Waals surface area contributed by atoms with Crippen LogP contribution in [0.5, 0.6) is 0 Å². The van der Waals surface area contributed by atoms with Crippen LogP contribution in [0.4, 0.5) is 8.78 Å². The fourth-order valence-electron chi connectivity index (χ4n) is 2.71. The molecule has 1 unspecified atom stereocenters. The van der Waals surface area contributed by atoms with E-state index in [2.05, 4.69) is 10.6 Å². The molecule has 1 aliphatic rings. The minimum atomic E-state index is -0.620. The van der Waals surface area contributed by atoms with Crippen LogP contribution in [0.15, 0.2) is 18.2 Å². The van der Waals surface area contributed by atoms with Crippen LogP contribution in [0.1, 0.15) is 18.5 Å². The lowest BCUT2D eigenvalue weighted by atomic mass is 10.0. The van der Waals surface area contributed by atoms with Gasteiger partial charge in [0.05, 0.1) is 18.8 Å². The predicted molar refractivity (Wildman–Crippen MR) is 97.5 cm³/mol. The average Bonchev–Trinajstić information content (AvgIpc) is 2.50. The Bertz CT molecular complexity index is 544. The maximum absolute atomic E-state index is 14.0. The van der Waals surface area contributed by atoms with E-state index in [1.807, 2.05) is 6.92 Å². The maximum Gasteiger partial charge on any atom is 0.239 e. The number of carbonyl (C=O) groups excluding carboxylic acids is 1. The Kier molecular flexibility index (Phi) is 10.4. The molecular formula is C16H25Cl2F2N3O2. The fourth-order valence-corrected chi connectivity index (χ4v) is 2.71. The Hall–Kier alpha value is -0.990. The van der Waals surface area contributed by atoms with Crippen molar-refractivity contribution in [3.05, 3.63) is 35.4 Å². The molecule has 144 valence electrons. The number of likely N-dealkylation sites (N-methyl/N-ethyl adjacent to an activating group) is 1. The number of benzene rings is 1. The van der Waals surface area contributed by atoms with Crippen molar-refractivity contribution in [3.8, 4) is 0 Å². The Morgan fingerprint density at radius 2 is 1.96 bits per heavy atom. The minimum absolute atomic E-state index is 0. The molecule has 0 saturated carbocycles. The van der Waals surface area contributed by atoms with E-state index < -0.39 is 23.7 Å². The molecule has 0 aromatic heterocycles. The van der Waals surface area contributed by atoms with Gasteiger partial charge in [-0.2, -0.15) is 0 Å². The second-order valence-electron chi connectivity index (χ2n) is 5.87. The van der Waals surface area contributed by atoms with Crippen LogP contribution in [-0.2, 0) is 9.53 Å². The van der Waals surface area contributed by atoms with E-state index in [1.165, 1.54) is 18.2 Å². The lowest BCUT2D eigenvalue weighted by Crippen LogP contribution is -2.56. The van der Waals surface area contributed by atoms with Crippen molar-refractivity contribution in [1.29, 1.82) is 0 Å². The molecule has 0 aliphatic carbocycles. The summed E-state index contributed by atoms with van der Waals surface area (Å²) >= 11 is 0. The van der Waals surface area contributed by atoms with Gasteiger partial charge in [0.15, 0.2) is 0 Å². The molecule has 1 fully saturated rings. The molecule has 3 atom stereocenters. The highest BCUT2D eigenvalue weighted by molar-refractivity contribution is 5.85. The van der Waals surface area contributed by atoms with Gasteiger partial charge in [-0.05, 0) is 33.2 Å². The molecule has 1 aromatic rings. The SMILES string of the molecule is C[C@H]1OCCN[C@@H]1C(=O)NCC(c1c(F)cccc1F)N(C)C.Cl.Cl. The molecular weight excluding hydrogens is 375 g/mol. The number of carbonyl (C=O) groups is 1. The topological polar surface area (TPSA) is 53.6 Å². The van der Waals surface area contributed by atoms with E-state index in [0.717, 1.165) is 0 Å². The zero-order chi connectivity index (χ0) is 17.0. The molecule has 0 spiro atoms. The van der Waals surface area contributed by atoms with Gasteiger partial charge < -0.3 is 20.3 Å². The summed E-state index contributed by atoms with van der Waals surface area (Å²) in [6.45, 7) is 3.08. The summed E-state index contributed by atoms with van der Waals surface area (Å²) in [4.78, 5) is 14.0. The summed E-state index contributed by atoms with van der Waals surface area (Å²) < 4.78 is 33.4. The monoisotopic (exact) mass is 399 g/mol. The number of ether oxygens (including phenoxy) is 1. The van der Waals surface area contributed by atoms with Crippen LogP contribution in [0.3, 0.4) is 0 Å². The molecule has 0 bridgehead atoms. The zero-order valence-electron chi connectivity index (χ0n) is 14.4. The van der Waals surface area contributed by atoms with Crippen LogP contribution >= 0.6 is 24.8 Å². The summed E-state index contributed by atoms with van der Waals surface area (Å²) in [6.07, 6.45) is -0.244. The number of halogens is 4. The lowest BCUT2D eigenvalue weighted by molar-refractivity contribution is -0.129. The number of nitrogens with zero attached hydrogens (tertiary/aromatic N) is 1. The normalized spacial score (nSPS) is 21.0. The number of morpholine rings is 1. The van der Waals surface area contributed by atoms with Gasteiger partial charge in [0, 0.05) is 18.7 Å². The van der Waals surface area contributed by atoms with Crippen molar-refractivity contribution in [2.75, 3.05) is 33.8 Å². The Morgan fingerprint density at radius 3 is 2.48 bits per heavy atom. The van der Waals surface area contributed by atoms with Crippen LogP contribution in [-0.4, -0.2) is 56.7 Å². The van der Waals surface area contributed by atoms with Gasteiger partial charge in [0.2, 0.25) is 5.91 Å². The van der Waals surface area contributed by atoms with Crippen molar-refractivity contribution in [2.24, 2.45) is 0 Å². The average molecular weight is 400 g/mol. The quantitative estimate of drug-likeness (QED) is 0.793. The predicted octanol–water partition coefficient (Wildman–Crippen LogP) is 1.90. The third kappa shape index (κ3) is 6.04. The number of nitrogens with one attached hydrogen (secondary N) is 2. The highest BCUT2D eigenvalue weighted by atomic mass is 35.5. The van der Waals surface area contributed by atoms with E-state index in [0.29, 0.717) is 13.2 Å². The van der Waals surface area contributed by atoms with Gasteiger partial charge in [0.1, 0.15) is 17.7 Å². The van der Waals surface area contributed by atoms with Crippen LogP contribution < -0.4 is 10.6 Å². The Labute approximate surface area is 159 Å². The van der Waals surface area contributed by atoms with E-state index in [9.17, 15) is 13.6 Å². The molecule has 25 heavy (non-hydrogen) atoms. The molecule has 1 amide bonds. The van der Waals surface area contributed by atoms with Gasteiger partial charge >= 0.3 is 0 Å². The zero-order valence-corrected chi connectivity index (χ0v) is 16.1. The summed E-state index contributed by atoms with van der Waals surface area (Å²) in [5.41, 5.74) is -0.0429. The number of hydrogen-bond acceptors (Lipinski definition) is 4. The number of amides is 1. The van der Waals surface area contributed by atoms with E-state index in [-0.39, 0.29) is 48.9 Å². The first-order valence-electron chi connectivity index (χ1n) is 7.65. The van der Waals surface area contributed by atoms with Crippen LogP contribution in [0, 0.1) is 11.6 Å². The minimum Gasteiger partial charge on any atom is -0.375 e. The Morgan fingerprint density at radius 1 is 1.36 bits per heavy atom. The number of rotatable bonds is 5. The molecule has 2 N–H and O–H groups in total. The molecule has 1 heterocycles. The summed E-state index contributed by atoms with van der Waals surface area (Å²) in [5.74, 6) is -1.48. The van der Waals surface area contributed by atoms with Crippen LogP contribution in [0.25, 0.3) is 0 Å². The van der Waals surface area contributed by atoms with Gasteiger partial charge in [0.25, 0.3) is 0 Å². The van der Waals surface area contributed by atoms with E-state index >= 15 is 0 Å². The molecule has 5 nitrogen and oxygen atoms in total. The molecule has 9 heteroatoms. The molecule has 2 rings (SSSR count). The first-order valence-corrected chi connectivity index (χ1v) is 7.65. The van der Waals surface area contributed by atoms with Crippen molar-refractivity contribution in [3.63, 3.8) is 0 Å². The first-order chi connectivity index (χ1) is 10.9. The smallest absolute Gasteiger partial charge is 0.239 e. The molecule has 0 radical (unpaired) electrons. The Balaban J connectivity index is 0.00000288. The van der Waals surface area contributed by atoms with Gasteiger partial charge in [-0.15, -0.1) is 24.8 Å². The van der Waals surface area contributed by atoms with E-state index in [4.69, 9.17) is 4.74 Å². The number of hydrogen-bond donors (Lipinski definition) is 2. The summed E-state index contributed by atoms with van der Waals surface area (Å²) in [6, 6.07) is 2.70. The van der Waals surface area contributed by atoms with Gasteiger partial charge in [-0.3, -0.25) is 4.79 Å². The van der Waals surface area contributed by atoms with Crippen molar-refractivity contribution >= 4 is 30.7 Å². The van der Waals surface area contributed by atoms with Gasteiger partial charge in [-0.1, -0.05) is 6.07 Å². The molecule has 1 aromatic carbocycles. The maximum atomic E-state index is 14.0. The molecule has 1 saturated heterocycles. The van der Waals surface area contributed by atoms with Gasteiger partial charge in [-0.25, -0.2) is 8.78 Å². The van der Waals surface area contributed by atoms with Crippen LogP contribution in [0.2, 0.25) is 0 Å². The largest absolute Gasteiger partial charge is 0.375 e. The summed E-state index contributed by atoms with van der Waals surface area (Å²) in [7, 11) is 3.43. The second-order valence-corrected chi connectivity index (χ2v) is 5.87. The third-order valence-corrected chi connectivity index (χ3v) is 4.02. The highest BCUT2D eigenvalue weighted by Crippen LogP contribution is 2.24.